The minimum absolute atomic E-state index is 0.382. The number of halogens is 2. The Morgan fingerprint density at radius 1 is 0.893 bits per heavy atom. The fraction of sp³-hybridized carbons (Fsp3) is 0.217. The smallest absolute Gasteiger partial charge is 0.163 e. The molecular formula is C23H23Cl2NO2. The van der Waals surface area contributed by atoms with E-state index in [2.05, 4.69) is 37.4 Å². The van der Waals surface area contributed by atoms with Crippen molar-refractivity contribution in [1.82, 2.24) is 0 Å². The molecule has 1 N–H and O–H groups in total. The number of benzene rings is 3. The molecule has 0 aliphatic heterocycles. The van der Waals surface area contributed by atoms with Crippen LogP contribution in [0.3, 0.4) is 0 Å². The van der Waals surface area contributed by atoms with Gasteiger partial charge in [-0.1, -0.05) is 41.4 Å². The molecule has 0 saturated heterocycles. The number of hydrogen-bond acceptors (Lipinski definition) is 3. The highest BCUT2D eigenvalue weighted by Gasteiger charge is 2.11. The van der Waals surface area contributed by atoms with E-state index >= 15 is 0 Å². The summed E-state index contributed by atoms with van der Waals surface area (Å²) in [7, 11) is 1.62. The van der Waals surface area contributed by atoms with Crippen LogP contribution in [0, 0.1) is 13.8 Å². The SMILES string of the molecule is COc1cc(CNc2ccc(C)c(C)c2)c(Cl)cc1OCc1cccc(Cl)c1. The highest BCUT2D eigenvalue weighted by Crippen LogP contribution is 2.34. The molecule has 146 valence electrons. The molecule has 3 aromatic rings. The number of nitrogens with one attached hydrogen (secondary N) is 1. The lowest BCUT2D eigenvalue weighted by molar-refractivity contribution is 0.284. The quantitative estimate of drug-likeness (QED) is 0.459. The van der Waals surface area contributed by atoms with Gasteiger partial charge in [-0.15, -0.1) is 0 Å². The van der Waals surface area contributed by atoms with Crippen molar-refractivity contribution in [2.75, 3.05) is 12.4 Å². The normalized spacial score (nSPS) is 10.6. The molecule has 0 bridgehead atoms. The van der Waals surface area contributed by atoms with Gasteiger partial charge in [-0.25, -0.2) is 0 Å². The predicted molar refractivity (Wildman–Crippen MR) is 117 cm³/mol. The van der Waals surface area contributed by atoms with Crippen LogP contribution in [0.2, 0.25) is 10.0 Å². The van der Waals surface area contributed by atoms with E-state index in [1.807, 2.05) is 30.3 Å². The van der Waals surface area contributed by atoms with E-state index in [0.29, 0.717) is 34.7 Å². The number of aryl methyl sites for hydroxylation is 2. The second-order valence-electron chi connectivity index (χ2n) is 6.67. The zero-order valence-electron chi connectivity index (χ0n) is 16.2. The number of anilines is 1. The van der Waals surface area contributed by atoms with Crippen molar-refractivity contribution in [2.24, 2.45) is 0 Å². The van der Waals surface area contributed by atoms with Crippen molar-refractivity contribution in [3.05, 3.63) is 86.9 Å². The van der Waals surface area contributed by atoms with Gasteiger partial charge in [0.25, 0.3) is 0 Å². The lowest BCUT2D eigenvalue weighted by atomic mass is 10.1. The van der Waals surface area contributed by atoms with Gasteiger partial charge in [-0.05, 0) is 66.4 Å². The van der Waals surface area contributed by atoms with E-state index in [9.17, 15) is 0 Å². The second-order valence-corrected chi connectivity index (χ2v) is 7.51. The highest BCUT2D eigenvalue weighted by molar-refractivity contribution is 6.31. The first-order valence-corrected chi connectivity index (χ1v) is 9.76. The molecule has 3 nitrogen and oxygen atoms in total. The molecule has 3 rings (SSSR count). The Bertz CT molecular complexity index is 973. The fourth-order valence-electron chi connectivity index (χ4n) is 2.82. The minimum Gasteiger partial charge on any atom is -0.493 e. The second kappa shape index (κ2) is 9.22. The largest absolute Gasteiger partial charge is 0.493 e. The first kappa shape index (κ1) is 20.4. The van der Waals surface area contributed by atoms with Gasteiger partial charge in [0.1, 0.15) is 6.61 Å². The zero-order chi connectivity index (χ0) is 20.1. The van der Waals surface area contributed by atoms with Gasteiger partial charge in [0.15, 0.2) is 11.5 Å². The monoisotopic (exact) mass is 415 g/mol. The molecule has 28 heavy (non-hydrogen) atoms. The van der Waals surface area contributed by atoms with Gasteiger partial charge in [-0.2, -0.15) is 0 Å². The highest BCUT2D eigenvalue weighted by atomic mass is 35.5. The van der Waals surface area contributed by atoms with Crippen LogP contribution in [0.4, 0.5) is 5.69 Å². The Hall–Kier alpha value is -2.36. The van der Waals surface area contributed by atoms with Crippen LogP contribution in [0.5, 0.6) is 11.5 Å². The molecule has 0 atom stereocenters. The van der Waals surface area contributed by atoms with E-state index in [1.165, 1.54) is 11.1 Å². The van der Waals surface area contributed by atoms with Crippen LogP contribution >= 0.6 is 23.2 Å². The van der Waals surface area contributed by atoms with Crippen molar-refractivity contribution in [1.29, 1.82) is 0 Å². The molecule has 5 heteroatoms. The summed E-state index contributed by atoms with van der Waals surface area (Å²) < 4.78 is 11.4. The minimum atomic E-state index is 0.382. The number of methoxy groups -OCH3 is 1. The number of rotatable bonds is 7. The van der Waals surface area contributed by atoms with Crippen LogP contribution in [0.1, 0.15) is 22.3 Å². The maximum absolute atomic E-state index is 6.49. The summed E-state index contributed by atoms with van der Waals surface area (Å²) in [5.41, 5.74) is 5.49. The lowest BCUT2D eigenvalue weighted by Gasteiger charge is -2.15. The summed E-state index contributed by atoms with van der Waals surface area (Å²) in [5, 5.41) is 4.71. The van der Waals surface area contributed by atoms with Crippen molar-refractivity contribution < 1.29 is 9.47 Å². The van der Waals surface area contributed by atoms with Crippen LogP contribution in [0.25, 0.3) is 0 Å². The summed E-state index contributed by atoms with van der Waals surface area (Å²) in [5.74, 6) is 1.24. The molecule has 0 saturated carbocycles. The number of ether oxygens (including phenoxy) is 2. The topological polar surface area (TPSA) is 30.5 Å². The Morgan fingerprint density at radius 3 is 2.43 bits per heavy atom. The average Bonchev–Trinajstić information content (AvgIpc) is 2.68. The van der Waals surface area contributed by atoms with Crippen LogP contribution in [-0.2, 0) is 13.2 Å². The van der Waals surface area contributed by atoms with E-state index in [-0.39, 0.29) is 0 Å². The molecule has 0 spiro atoms. The Morgan fingerprint density at radius 2 is 1.71 bits per heavy atom. The summed E-state index contributed by atoms with van der Waals surface area (Å²) in [6.45, 7) is 5.17. The lowest BCUT2D eigenvalue weighted by Crippen LogP contribution is -2.03. The van der Waals surface area contributed by atoms with Gasteiger partial charge in [0.2, 0.25) is 0 Å². The van der Waals surface area contributed by atoms with Crippen molar-refractivity contribution >= 4 is 28.9 Å². The molecular weight excluding hydrogens is 393 g/mol. The third-order valence-electron chi connectivity index (χ3n) is 4.61. The molecule has 0 aromatic heterocycles. The summed E-state index contributed by atoms with van der Waals surface area (Å²) >= 11 is 12.5. The van der Waals surface area contributed by atoms with Gasteiger partial charge < -0.3 is 14.8 Å². The third kappa shape index (κ3) is 5.12. The molecule has 0 aliphatic rings. The van der Waals surface area contributed by atoms with E-state index < -0.39 is 0 Å². The zero-order valence-corrected chi connectivity index (χ0v) is 17.7. The van der Waals surface area contributed by atoms with Gasteiger partial charge in [-0.3, -0.25) is 0 Å². The Balaban J connectivity index is 1.72. The van der Waals surface area contributed by atoms with E-state index in [0.717, 1.165) is 16.8 Å². The maximum Gasteiger partial charge on any atom is 0.163 e. The standard InChI is InChI=1S/C23H23Cl2NO2/c1-15-7-8-20(9-16(15)2)26-13-18-11-22(27-3)23(12-21(18)25)28-14-17-5-4-6-19(24)10-17/h4-12,26H,13-14H2,1-3H3. The molecule has 0 fully saturated rings. The first-order valence-electron chi connectivity index (χ1n) is 9.01. The van der Waals surface area contributed by atoms with Crippen LogP contribution < -0.4 is 14.8 Å². The van der Waals surface area contributed by atoms with Crippen molar-refractivity contribution in [2.45, 2.75) is 27.0 Å². The van der Waals surface area contributed by atoms with E-state index in [1.54, 1.807) is 13.2 Å². The molecule has 0 heterocycles. The Labute approximate surface area is 176 Å². The van der Waals surface area contributed by atoms with Gasteiger partial charge >= 0.3 is 0 Å². The van der Waals surface area contributed by atoms with Crippen molar-refractivity contribution in [3.63, 3.8) is 0 Å². The van der Waals surface area contributed by atoms with Crippen LogP contribution in [-0.4, -0.2) is 7.11 Å². The summed E-state index contributed by atoms with van der Waals surface area (Å²) in [4.78, 5) is 0. The molecule has 3 aromatic carbocycles. The molecule has 0 aliphatic carbocycles. The predicted octanol–water partition coefficient (Wildman–Crippen LogP) is 6.81. The average molecular weight is 416 g/mol. The third-order valence-corrected chi connectivity index (χ3v) is 5.19. The number of hydrogen-bond donors (Lipinski definition) is 1. The fourth-order valence-corrected chi connectivity index (χ4v) is 3.25. The van der Waals surface area contributed by atoms with Gasteiger partial charge in [0, 0.05) is 28.3 Å². The Kier molecular flexibility index (Phi) is 6.71. The first-order chi connectivity index (χ1) is 13.5. The maximum atomic E-state index is 6.49. The van der Waals surface area contributed by atoms with Crippen molar-refractivity contribution in [3.8, 4) is 11.5 Å². The molecule has 0 radical (unpaired) electrons. The van der Waals surface area contributed by atoms with Crippen LogP contribution in [0.15, 0.2) is 54.6 Å². The summed E-state index contributed by atoms with van der Waals surface area (Å²) in [6, 6.07) is 17.6. The molecule has 0 unspecified atom stereocenters. The molecule has 0 amide bonds. The van der Waals surface area contributed by atoms with E-state index in [4.69, 9.17) is 32.7 Å². The summed E-state index contributed by atoms with van der Waals surface area (Å²) in [6.07, 6.45) is 0. The van der Waals surface area contributed by atoms with Gasteiger partial charge in [0.05, 0.1) is 7.11 Å².